The van der Waals surface area contributed by atoms with Crippen LogP contribution in [0.3, 0.4) is 0 Å². The number of aryl methyl sites for hydroxylation is 1. The Balaban J connectivity index is 2.33. The Kier molecular flexibility index (Phi) is 4.75. The second-order valence-corrected chi connectivity index (χ2v) is 5.05. The summed E-state index contributed by atoms with van der Waals surface area (Å²) >= 11 is 0. The Labute approximate surface area is 116 Å². The Hall–Kier alpha value is -1.60. The topological polar surface area (TPSA) is 12.0 Å². The van der Waals surface area contributed by atoms with Gasteiger partial charge < -0.3 is 5.32 Å². The molecule has 0 radical (unpaired) electrons. The fourth-order valence-electron chi connectivity index (χ4n) is 2.63. The van der Waals surface area contributed by atoms with Crippen LogP contribution in [0, 0.1) is 6.92 Å². The molecule has 0 aliphatic carbocycles. The van der Waals surface area contributed by atoms with Crippen molar-refractivity contribution in [3.63, 3.8) is 0 Å². The van der Waals surface area contributed by atoms with Crippen molar-refractivity contribution in [3.05, 3.63) is 70.8 Å². The average molecular weight is 253 g/mol. The van der Waals surface area contributed by atoms with Gasteiger partial charge in [0.15, 0.2) is 0 Å². The number of benzene rings is 2. The van der Waals surface area contributed by atoms with Crippen molar-refractivity contribution >= 4 is 0 Å². The van der Waals surface area contributed by atoms with Crippen LogP contribution >= 0.6 is 0 Å². The molecular weight excluding hydrogens is 230 g/mol. The maximum atomic E-state index is 3.41. The van der Waals surface area contributed by atoms with E-state index in [2.05, 4.69) is 67.7 Å². The summed E-state index contributed by atoms with van der Waals surface area (Å²) < 4.78 is 0. The molecule has 0 aliphatic rings. The van der Waals surface area contributed by atoms with Crippen molar-refractivity contribution in [3.8, 4) is 0 Å². The lowest BCUT2D eigenvalue weighted by atomic mass is 9.92. The van der Waals surface area contributed by atoms with E-state index in [4.69, 9.17) is 0 Å². The van der Waals surface area contributed by atoms with Gasteiger partial charge in [0.05, 0.1) is 0 Å². The summed E-state index contributed by atoms with van der Waals surface area (Å²) in [6.45, 7) is 4.42. The predicted molar refractivity (Wildman–Crippen MR) is 82.5 cm³/mol. The molecule has 1 unspecified atom stereocenters. The molecule has 19 heavy (non-hydrogen) atoms. The maximum Gasteiger partial charge on any atom is 0.0317 e. The Bertz CT molecular complexity index is 527. The summed E-state index contributed by atoms with van der Waals surface area (Å²) in [6.07, 6.45) is 2.13. The van der Waals surface area contributed by atoms with Gasteiger partial charge in [-0.15, -0.1) is 0 Å². The van der Waals surface area contributed by atoms with E-state index in [0.29, 0.717) is 6.04 Å². The lowest BCUT2D eigenvalue weighted by molar-refractivity contribution is 0.572. The minimum absolute atomic E-state index is 0.445. The second kappa shape index (κ2) is 6.53. The van der Waals surface area contributed by atoms with E-state index in [9.17, 15) is 0 Å². The van der Waals surface area contributed by atoms with Crippen LogP contribution in [-0.2, 0) is 6.42 Å². The molecule has 2 rings (SSSR count). The van der Waals surface area contributed by atoms with E-state index >= 15 is 0 Å². The first kappa shape index (κ1) is 13.8. The first-order valence-corrected chi connectivity index (χ1v) is 7.05. The molecule has 2 aromatic rings. The van der Waals surface area contributed by atoms with Crippen molar-refractivity contribution in [2.24, 2.45) is 0 Å². The van der Waals surface area contributed by atoms with Crippen LogP contribution in [0.2, 0.25) is 0 Å². The van der Waals surface area contributed by atoms with Gasteiger partial charge in [0.2, 0.25) is 0 Å². The monoisotopic (exact) mass is 253 g/mol. The summed E-state index contributed by atoms with van der Waals surface area (Å²) in [6, 6.07) is 17.9. The van der Waals surface area contributed by atoms with Crippen LogP contribution in [0.4, 0.5) is 0 Å². The van der Waals surface area contributed by atoms with Crippen LogP contribution in [0.25, 0.3) is 0 Å². The van der Waals surface area contributed by atoms with Gasteiger partial charge in [-0.25, -0.2) is 0 Å². The van der Waals surface area contributed by atoms with Crippen LogP contribution in [0.5, 0.6) is 0 Å². The van der Waals surface area contributed by atoms with Gasteiger partial charge in [-0.3, -0.25) is 0 Å². The highest BCUT2D eigenvalue weighted by molar-refractivity contribution is 5.37. The van der Waals surface area contributed by atoms with E-state index < -0.39 is 0 Å². The van der Waals surface area contributed by atoms with Gasteiger partial charge in [0.1, 0.15) is 0 Å². The Morgan fingerprint density at radius 2 is 1.58 bits per heavy atom. The quantitative estimate of drug-likeness (QED) is 0.839. The van der Waals surface area contributed by atoms with Gasteiger partial charge >= 0.3 is 0 Å². The van der Waals surface area contributed by atoms with E-state index in [1.54, 1.807) is 0 Å². The summed E-state index contributed by atoms with van der Waals surface area (Å²) in [5.41, 5.74) is 5.64. The molecule has 100 valence electrons. The van der Waals surface area contributed by atoms with E-state index in [-0.39, 0.29) is 0 Å². The minimum Gasteiger partial charge on any atom is -0.313 e. The number of hydrogen-bond acceptors (Lipinski definition) is 1. The van der Waals surface area contributed by atoms with Gasteiger partial charge in [-0.1, -0.05) is 55.5 Å². The Morgan fingerprint density at radius 1 is 0.947 bits per heavy atom. The highest BCUT2D eigenvalue weighted by atomic mass is 14.9. The molecule has 1 nitrogen and oxygen atoms in total. The summed E-state index contributed by atoms with van der Waals surface area (Å²) in [7, 11) is 2.04. The van der Waals surface area contributed by atoms with Crippen LogP contribution in [0.15, 0.2) is 48.5 Å². The van der Waals surface area contributed by atoms with Gasteiger partial charge in [0, 0.05) is 6.04 Å². The first-order valence-electron chi connectivity index (χ1n) is 7.05. The normalized spacial score (nSPS) is 12.4. The fraction of sp³-hybridized carbons (Fsp3) is 0.333. The molecule has 0 amide bonds. The lowest BCUT2D eigenvalue weighted by Gasteiger charge is -2.19. The highest BCUT2D eigenvalue weighted by Gasteiger charge is 2.11. The molecule has 1 heteroatoms. The molecule has 0 saturated carbocycles. The summed E-state index contributed by atoms with van der Waals surface area (Å²) in [5.74, 6) is 0. The standard InChI is InChI=1S/C18H23N/c1-4-18(19-3)17-12-8-7-11-16(17)13-15-10-6-5-9-14(15)2/h5-12,18-19H,4,13H2,1-3H3. The molecule has 0 fully saturated rings. The number of hydrogen-bond donors (Lipinski definition) is 1. The SMILES string of the molecule is CCC(NC)c1ccccc1Cc1ccccc1C. The highest BCUT2D eigenvalue weighted by Crippen LogP contribution is 2.23. The average Bonchev–Trinajstić information content (AvgIpc) is 2.44. The second-order valence-electron chi connectivity index (χ2n) is 5.05. The molecule has 0 aliphatic heterocycles. The maximum absolute atomic E-state index is 3.41. The van der Waals surface area contributed by atoms with Crippen LogP contribution < -0.4 is 5.32 Å². The largest absolute Gasteiger partial charge is 0.313 e. The smallest absolute Gasteiger partial charge is 0.0317 e. The molecule has 0 saturated heterocycles. The molecule has 1 N–H and O–H groups in total. The zero-order valence-electron chi connectivity index (χ0n) is 12.1. The van der Waals surface area contributed by atoms with Crippen molar-refractivity contribution in [1.29, 1.82) is 0 Å². The van der Waals surface area contributed by atoms with Gasteiger partial charge in [0.25, 0.3) is 0 Å². The van der Waals surface area contributed by atoms with E-state index in [0.717, 1.165) is 12.8 Å². The predicted octanol–water partition coefficient (Wildman–Crippen LogP) is 4.26. The van der Waals surface area contributed by atoms with Crippen molar-refractivity contribution in [2.75, 3.05) is 7.05 Å². The van der Waals surface area contributed by atoms with E-state index in [1.807, 2.05) is 7.05 Å². The molecule has 2 aromatic carbocycles. The Morgan fingerprint density at radius 3 is 2.21 bits per heavy atom. The summed E-state index contributed by atoms with van der Waals surface area (Å²) in [4.78, 5) is 0. The first-order chi connectivity index (χ1) is 9.26. The third-order valence-corrected chi connectivity index (χ3v) is 3.83. The van der Waals surface area contributed by atoms with E-state index in [1.165, 1.54) is 22.3 Å². The fourth-order valence-corrected chi connectivity index (χ4v) is 2.63. The third-order valence-electron chi connectivity index (χ3n) is 3.83. The zero-order chi connectivity index (χ0) is 13.7. The molecule has 1 atom stereocenters. The van der Waals surface area contributed by atoms with Crippen molar-refractivity contribution in [2.45, 2.75) is 32.7 Å². The zero-order valence-corrected chi connectivity index (χ0v) is 12.1. The molecule has 0 heterocycles. The summed E-state index contributed by atoms with van der Waals surface area (Å²) in [5, 5.41) is 3.41. The van der Waals surface area contributed by atoms with Gasteiger partial charge in [-0.2, -0.15) is 0 Å². The third kappa shape index (κ3) is 3.24. The van der Waals surface area contributed by atoms with Gasteiger partial charge in [-0.05, 0) is 49.1 Å². The van der Waals surface area contributed by atoms with Crippen LogP contribution in [-0.4, -0.2) is 7.05 Å². The molecular formula is C18H23N. The number of nitrogens with one attached hydrogen (secondary N) is 1. The van der Waals surface area contributed by atoms with Crippen molar-refractivity contribution < 1.29 is 0 Å². The number of rotatable bonds is 5. The molecule has 0 aromatic heterocycles. The molecule has 0 bridgehead atoms. The molecule has 0 spiro atoms. The minimum atomic E-state index is 0.445. The van der Waals surface area contributed by atoms with Crippen LogP contribution in [0.1, 0.15) is 41.6 Å². The lowest BCUT2D eigenvalue weighted by Crippen LogP contribution is -2.17. The van der Waals surface area contributed by atoms with Crippen molar-refractivity contribution in [1.82, 2.24) is 5.32 Å².